The highest BCUT2D eigenvalue weighted by Gasteiger charge is 2.08. The number of nitrogens with one attached hydrogen (secondary N) is 2. The van der Waals surface area contributed by atoms with E-state index in [0.29, 0.717) is 23.9 Å². The van der Waals surface area contributed by atoms with E-state index in [4.69, 9.17) is 16.3 Å². The van der Waals surface area contributed by atoms with E-state index in [1.165, 1.54) is 5.56 Å². The van der Waals surface area contributed by atoms with E-state index in [-0.39, 0.29) is 6.03 Å². The Hall–Kier alpha value is -2.20. The second-order valence-electron chi connectivity index (χ2n) is 5.83. The van der Waals surface area contributed by atoms with Crippen LogP contribution in [-0.4, -0.2) is 19.2 Å². The number of hydrogen-bond acceptors (Lipinski definition) is 2. The molecular weight excluding hydrogens is 324 g/mol. The molecule has 0 heterocycles. The molecule has 0 aliphatic carbocycles. The molecule has 0 saturated carbocycles. The predicted octanol–water partition coefficient (Wildman–Crippen LogP) is 4.86. The van der Waals surface area contributed by atoms with Gasteiger partial charge in [-0.15, -0.1) is 0 Å². The standard InChI is InChI=1S/C19H23ClN2O2/c1-13-5-7-16(8-6-13)24-10-4-9-21-19(23)22-18-15(3)11-14(2)12-17(18)20/h5-8,11-12H,4,9-10H2,1-3H3,(H2,21,22,23). The fourth-order valence-corrected chi connectivity index (χ4v) is 2.70. The molecule has 2 aromatic rings. The molecule has 2 rings (SSSR count). The smallest absolute Gasteiger partial charge is 0.319 e. The van der Waals surface area contributed by atoms with Crippen molar-refractivity contribution in [1.82, 2.24) is 5.32 Å². The van der Waals surface area contributed by atoms with E-state index in [2.05, 4.69) is 10.6 Å². The molecule has 0 aromatic heterocycles. The number of amides is 2. The van der Waals surface area contributed by atoms with E-state index in [0.717, 1.165) is 23.3 Å². The number of benzene rings is 2. The minimum Gasteiger partial charge on any atom is -0.494 e. The van der Waals surface area contributed by atoms with Gasteiger partial charge < -0.3 is 15.4 Å². The molecule has 0 unspecified atom stereocenters. The molecule has 24 heavy (non-hydrogen) atoms. The molecule has 0 aliphatic heterocycles. The summed E-state index contributed by atoms with van der Waals surface area (Å²) in [5.74, 6) is 0.840. The molecule has 0 spiro atoms. The number of hydrogen-bond donors (Lipinski definition) is 2. The van der Waals surface area contributed by atoms with Crippen LogP contribution in [0.3, 0.4) is 0 Å². The number of ether oxygens (including phenoxy) is 1. The Kier molecular flexibility index (Phi) is 6.50. The van der Waals surface area contributed by atoms with Gasteiger partial charge >= 0.3 is 6.03 Å². The zero-order valence-electron chi connectivity index (χ0n) is 14.3. The van der Waals surface area contributed by atoms with Crippen molar-refractivity contribution in [2.45, 2.75) is 27.2 Å². The maximum absolute atomic E-state index is 12.0. The van der Waals surface area contributed by atoms with Crippen LogP contribution < -0.4 is 15.4 Å². The quantitative estimate of drug-likeness (QED) is 0.734. The summed E-state index contributed by atoms with van der Waals surface area (Å²) in [4.78, 5) is 12.0. The highest BCUT2D eigenvalue weighted by atomic mass is 35.5. The monoisotopic (exact) mass is 346 g/mol. The van der Waals surface area contributed by atoms with Gasteiger partial charge in [0.1, 0.15) is 5.75 Å². The predicted molar refractivity (Wildman–Crippen MR) is 99.2 cm³/mol. The van der Waals surface area contributed by atoms with Gasteiger partial charge in [0.15, 0.2) is 0 Å². The molecule has 2 amide bonds. The van der Waals surface area contributed by atoms with Crippen molar-refractivity contribution in [3.63, 3.8) is 0 Å². The average Bonchev–Trinajstić information content (AvgIpc) is 2.52. The van der Waals surface area contributed by atoms with Gasteiger partial charge in [0, 0.05) is 6.54 Å². The van der Waals surface area contributed by atoms with Crippen molar-refractivity contribution in [1.29, 1.82) is 0 Å². The number of anilines is 1. The lowest BCUT2D eigenvalue weighted by Crippen LogP contribution is -2.30. The first-order chi connectivity index (χ1) is 11.5. The van der Waals surface area contributed by atoms with E-state index in [1.54, 1.807) is 0 Å². The molecule has 0 radical (unpaired) electrons. The van der Waals surface area contributed by atoms with Crippen LogP contribution in [0.4, 0.5) is 10.5 Å². The summed E-state index contributed by atoms with van der Waals surface area (Å²) in [7, 11) is 0. The third-order valence-corrected chi connectivity index (χ3v) is 3.86. The van der Waals surface area contributed by atoms with Crippen LogP contribution in [-0.2, 0) is 0 Å². The lowest BCUT2D eigenvalue weighted by Gasteiger charge is -2.12. The molecule has 4 nitrogen and oxygen atoms in total. The third kappa shape index (κ3) is 5.46. The van der Waals surface area contributed by atoms with Gasteiger partial charge in [-0.05, 0) is 56.5 Å². The van der Waals surface area contributed by atoms with Gasteiger partial charge in [-0.2, -0.15) is 0 Å². The van der Waals surface area contributed by atoms with E-state index in [9.17, 15) is 4.79 Å². The molecule has 0 atom stereocenters. The van der Waals surface area contributed by atoms with Crippen molar-refractivity contribution < 1.29 is 9.53 Å². The summed E-state index contributed by atoms with van der Waals surface area (Å²) in [5.41, 5.74) is 3.86. The Morgan fingerprint density at radius 3 is 2.46 bits per heavy atom. The topological polar surface area (TPSA) is 50.4 Å². The third-order valence-electron chi connectivity index (χ3n) is 3.57. The maximum Gasteiger partial charge on any atom is 0.319 e. The number of carbonyl (C=O) groups excluding carboxylic acids is 1. The van der Waals surface area contributed by atoms with E-state index < -0.39 is 0 Å². The minimum absolute atomic E-state index is 0.265. The second kappa shape index (κ2) is 8.60. The normalized spacial score (nSPS) is 10.3. The van der Waals surface area contributed by atoms with Gasteiger partial charge in [-0.3, -0.25) is 0 Å². The maximum atomic E-state index is 12.0. The molecular formula is C19H23ClN2O2. The van der Waals surface area contributed by atoms with Crippen LogP contribution in [0.5, 0.6) is 5.75 Å². The van der Waals surface area contributed by atoms with Crippen molar-refractivity contribution in [3.8, 4) is 5.75 Å². The Balaban J connectivity index is 1.71. The average molecular weight is 347 g/mol. The zero-order chi connectivity index (χ0) is 17.5. The lowest BCUT2D eigenvalue weighted by atomic mass is 10.1. The van der Waals surface area contributed by atoms with Gasteiger partial charge in [0.05, 0.1) is 17.3 Å². The van der Waals surface area contributed by atoms with Crippen LogP contribution in [0.25, 0.3) is 0 Å². The van der Waals surface area contributed by atoms with Gasteiger partial charge in [0.2, 0.25) is 0 Å². The number of halogens is 1. The number of urea groups is 1. The molecule has 0 aliphatic rings. The summed E-state index contributed by atoms with van der Waals surface area (Å²) >= 11 is 6.18. The van der Waals surface area contributed by atoms with Crippen LogP contribution in [0.15, 0.2) is 36.4 Å². The summed E-state index contributed by atoms with van der Waals surface area (Å²) in [6.07, 6.45) is 0.724. The lowest BCUT2D eigenvalue weighted by molar-refractivity contribution is 0.250. The first-order valence-electron chi connectivity index (χ1n) is 7.97. The van der Waals surface area contributed by atoms with Crippen molar-refractivity contribution in [3.05, 3.63) is 58.1 Å². The summed E-state index contributed by atoms with van der Waals surface area (Å²) in [6, 6.07) is 11.5. The largest absolute Gasteiger partial charge is 0.494 e. The van der Waals surface area contributed by atoms with Gasteiger partial charge in [-0.1, -0.05) is 35.4 Å². The van der Waals surface area contributed by atoms with Gasteiger partial charge in [-0.25, -0.2) is 4.79 Å². The second-order valence-corrected chi connectivity index (χ2v) is 6.24. The van der Waals surface area contributed by atoms with Gasteiger partial charge in [0.25, 0.3) is 0 Å². The zero-order valence-corrected chi connectivity index (χ0v) is 15.0. The summed E-state index contributed by atoms with van der Waals surface area (Å²) in [5, 5.41) is 6.15. The molecule has 0 saturated heterocycles. The highest BCUT2D eigenvalue weighted by molar-refractivity contribution is 6.34. The molecule has 0 bridgehead atoms. The molecule has 2 aromatic carbocycles. The van der Waals surface area contributed by atoms with Crippen LogP contribution in [0.1, 0.15) is 23.1 Å². The van der Waals surface area contributed by atoms with Crippen LogP contribution in [0.2, 0.25) is 5.02 Å². The molecule has 5 heteroatoms. The minimum atomic E-state index is -0.265. The number of carbonyl (C=O) groups is 1. The number of aryl methyl sites for hydroxylation is 3. The highest BCUT2D eigenvalue weighted by Crippen LogP contribution is 2.27. The Labute approximate surface area is 148 Å². The Morgan fingerprint density at radius 1 is 1.08 bits per heavy atom. The van der Waals surface area contributed by atoms with E-state index in [1.807, 2.05) is 57.2 Å². The SMILES string of the molecule is Cc1ccc(OCCCNC(=O)Nc2c(C)cc(C)cc2Cl)cc1. The van der Waals surface area contributed by atoms with Crippen molar-refractivity contribution in [2.24, 2.45) is 0 Å². The fourth-order valence-electron chi connectivity index (χ4n) is 2.33. The molecule has 128 valence electrons. The van der Waals surface area contributed by atoms with Crippen molar-refractivity contribution in [2.75, 3.05) is 18.5 Å². The summed E-state index contributed by atoms with van der Waals surface area (Å²) < 4.78 is 5.62. The first kappa shape index (κ1) is 18.1. The molecule has 2 N–H and O–H groups in total. The number of rotatable bonds is 6. The van der Waals surface area contributed by atoms with E-state index >= 15 is 0 Å². The Bertz CT molecular complexity index is 676. The van der Waals surface area contributed by atoms with Crippen LogP contribution >= 0.6 is 11.6 Å². The van der Waals surface area contributed by atoms with Crippen molar-refractivity contribution >= 4 is 23.3 Å². The molecule has 0 fully saturated rings. The fraction of sp³-hybridized carbons (Fsp3) is 0.316. The first-order valence-corrected chi connectivity index (χ1v) is 8.34. The van der Waals surface area contributed by atoms with Crippen LogP contribution in [0, 0.1) is 20.8 Å². The summed E-state index contributed by atoms with van der Waals surface area (Å²) in [6.45, 7) is 7.00. The Morgan fingerprint density at radius 2 is 1.79 bits per heavy atom.